The molecule has 1 heterocycles. The number of aromatic nitrogens is 1. The maximum Gasteiger partial charge on any atom is 0.161 e. The molecule has 0 aliphatic rings. The highest BCUT2D eigenvalue weighted by Crippen LogP contribution is 2.31. The molecule has 2 aromatic carbocycles. The molecule has 4 nitrogen and oxygen atoms in total. The van der Waals surface area contributed by atoms with Crippen molar-refractivity contribution < 1.29 is 9.47 Å². The molecular formula is C21H17BrN2O2S. The molecule has 0 saturated heterocycles. The lowest BCUT2D eigenvalue weighted by Gasteiger charge is -2.09. The van der Waals surface area contributed by atoms with Gasteiger partial charge in [-0.2, -0.15) is 5.26 Å². The van der Waals surface area contributed by atoms with Gasteiger partial charge in [-0.15, -0.1) is 11.3 Å². The molecule has 0 bridgehead atoms. The number of thiazole rings is 1. The Morgan fingerprint density at radius 3 is 2.67 bits per heavy atom. The second-order valence-corrected chi connectivity index (χ2v) is 7.33. The number of hydrogen-bond acceptors (Lipinski definition) is 5. The van der Waals surface area contributed by atoms with Gasteiger partial charge in [-0.25, -0.2) is 4.98 Å². The number of methoxy groups -OCH3 is 1. The number of nitriles is 1. The molecule has 3 aromatic rings. The summed E-state index contributed by atoms with van der Waals surface area (Å²) < 4.78 is 11.9. The third-order valence-corrected chi connectivity index (χ3v) is 5.20. The van der Waals surface area contributed by atoms with Crippen LogP contribution in [0.15, 0.2) is 52.3 Å². The first kappa shape index (κ1) is 19.2. The lowest BCUT2D eigenvalue weighted by Crippen LogP contribution is -1.95. The maximum atomic E-state index is 9.61. The molecule has 136 valence electrons. The van der Waals surface area contributed by atoms with E-state index in [4.69, 9.17) is 9.47 Å². The summed E-state index contributed by atoms with van der Waals surface area (Å²) in [5.74, 6) is 1.32. The Morgan fingerprint density at radius 1 is 1.22 bits per heavy atom. The predicted molar refractivity (Wildman–Crippen MR) is 113 cm³/mol. The van der Waals surface area contributed by atoms with Crippen LogP contribution in [0.2, 0.25) is 0 Å². The molecule has 0 saturated carbocycles. The van der Waals surface area contributed by atoms with Gasteiger partial charge in [-0.1, -0.05) is 34.1 Å². The van der Waals surface area contributed by atoms with Crippen LogP contribution in [0.5, 0.6) is 11.5 Å². The van der Waals surface area contributed by atoms with Crippen molar-refractivity contribution >= 4 is 38.9 Å². The largest absolute Gasteiger partial charge is 0.493 e. The van der Waals surface area contributed by atoms with Crippen molar-refractivity contribution in [3.63, 3.8) is 0 Å². The fourth-order valence-electron chi connectivity index (χ4n) is 2.51. The minimum absolute atomic E-state index is 0.509. The topological polar surface area (TPSA) is 55.1 Å². The Labute approximate surface area is 170 Å². The van der Waals surface area contributed by atoms with Gasteiger partial charge in [0.05, 0.1) is 25.0 Å². The van der Waals surface area contributed by atoms with E-state index in [0.29, 0.717) is 28.7 Å². The second-order valence-electron chi connectivity index (χ2n) is 5.56. The first-order valence-electron chi connectivity index (χ1n) is 8.29. The molecule has 0 N–H and O–H groups in total. The van der Waals surface area contributed by atoms with E-state index < -0.39 is 0 Å². The van der Waals surface area contributed by atoms with Crippen molar-refractivity contribution in [2.75, 3.05) is 13.7 Å². The van der Waals surface area contributed by atoms with E-state index in [2.05, 4.69) is 27.0 Å². The van der Waals surface area contributed by atoms with Gasteiger partial charge in [0.1, 0.15) is 11.1 Å². The maximum absolute atomic E-state index is 9.61. The summed E-state index contributed by atoms with van der Waals surface area (Å²) in [5.41, 5.74) is 3.23. The predicted octanol–water partition coefficient (Wildman–Crippen LogP) is 6.04. The molecule has 0 radical (unpaired) electrons. The van der Waals surface area contributed by atoms with E-state index in [9.17, 15) is 5.26 Å². The van der Waals surface area contributed by atoms with Crippen molar-refractivity contribution in [1.29, 1.82) is 5.26 Å². The molecule has 0 spiro atoms. The SMILES string of the molecule is CCOc1ccc(/C=C(\C#N)c2nc(-c3ccc(Br)cc3)cs2)cc1OC. The van der Waals surface area contributed by atoms with Crippen LogP contribution in [0.3, 0.4) is 0 Å². The van der Waals surface area contributed by atoms with Gasteiger partial charge < -0.3 is 9.47 Å². The molecule has 1 aromatic heterocycles. The zero-order valence-corrected chi connectivity index (χ0v) is 17.3. The number of nitrogens with zero attached hydrogens (tertiary/aromatic N) is 2. The Bertz CT molecular complexity index is 1000. The van der Waals surface area contributed by atoms with Gasteiger partial charge in [0.2, 0.25) is 0 Å². The van der Waals surface area contributed by atoms with E-state index in [1.54, 1.807) is 7.11 Å². The molecule has 3 rings (SSSR count). The van der Waals surface area contributed by atoms with Gasteiger partial charge in [-0.3, -0.25) is 0 Å². The third-order valence-electron chi connectivity index (χ3n) is 3.79. The molecule has 0 amide bonds. The number of hydrogen-bond donors (Lipinski definition) is 0. The highest BCUT2D eigenvalue weighted by molar-refractivity contribution is 9.10. The van der Waals surface area contributed by atoms with Crippen molar-refractivity contribution in [2.45, 2.75) is 6.92 Å². The van der Waals surface area contributed by atoms with Crippen LogP contribution < -0.4 is 9.47 Å². The summed E-state index contributed by atoms with van der Waals surface area (Å²) in [5, 5.41) is 12.3. The summed E-state index contributed by atoms with van der Waals surface area (Å²) in [6.45, 7) is 2.49. The molecule has 0 atom stereocenters. The van der Waals surface area contributed by atoms with E-state index in [-0.39, 0.29) is 0 Å². The summed E-state index contributed by atoms with van der Waals surface area (Å²) >= 11 is 4.88. The van der Waals surface area contributed by atoms with Crippen LogP contribution in [-0.4, -0.2) is 18.7 Å². The lowest BCUT2D eigenvalue weighted by molar-refractivity contribution is 0.311. The Kier molecular flexibility index (Phi) is 6.28. The smallest absolute Gasteiger partial charge is 0.161 e. The molecule has 0 aliphatic heterocycles. The lowest BCUT2D eigenvalue weighted by atomic mass is 10.1. The average Bonchev–Trinajstić information content (AvgIpc) is 3.17. The van der Waals surface area contributed by atoms with Crippen molar-refractivity contribution in [3.8, 4) is 28.8 Å². The second kappa shape index (κ2) is 8.85. The van der Waals surface area contributed by atoms with Crippen molar-refractivity contribution in [3.05, 3.63) is 62.9 Å². The van der Waals surface area contributed by atoms with Gasteiger partial charge in [0.15, 0.2) is 11.5 Å². The monoisotopic (exact) mass is 440 g/mol. The van der Waals surface area contributed by atoms with Crippen LogP contribution >= 0.6 is 27.3 Å². The van der Waals surface area contributed by atoms with E-state index in [0.717, 1.165) is 21.3 Å². The number of allylic oxidation sites excluding steroid dienone is 1. The molecular weight excluding hydrogens is 424 g/mol. The minimum atomic E-state index is 0.509. The van der Waals surface area contributed by atoms with Crippen LogP contribution in [0.4, 0.5) is 0 Å². The zero-order chi connectivity index (χ0) is 19.2. The first-order valence-corrected chi connectivity index (χ1v) is 9.96. The molecule has 0 unspecified atom stereocenters. The normalized spacial score (nSPS) is 11.1. The molecule has 0 fully saturated rings. The third kappa shape index (κ3) is 4.57. The minimum Gasteiger partial charge on any atom is -0.493 e. The van der Waals surface area contributed by atoms with E-state index in [1.807, 2.05) is 60.8 Å². The fourth-order valence-corrected chi connectivity index (χ4v) is 3.57. The Hall–Kier alpha value is -2.62. The zero-order valence-electron chi connectivity index (χ0n) is 14.9. The Morgan fingerprint density at radius 2 is 2.00 bits per heavy atom. The fraction of sp³-hybridized carbons (Fsp3) is 0.143. The summed E-state index contributed by atoms with van der Waals surface area (Å²) in [6.07, 6.45) is 1.81. The first-order chi connectivity index (χ1) is 13.1. The van der Waals surface area contributed by atoms with E-state index >= 15 is 0 Å². The summed E-state index contributed by atoms with van der Waals surface area (Å²) in [6, 6.07) is 15.8. The standard InChI is InChI=1S/C21H17BrN2O2S/c1-3-26-19-9-4-14(11-20(19)25-2)10-16(12-23)21-24-18(13-27-21)15-5-7-17(22)8-6-15/h4-11,13H,3H2,1-2H3/b16-10+. The average molecular weight is 441 g/mol. The Balaban J connectivity index is 1.91. The van der Waals surface area contributed by atoms with E-state index in [1.165, 1.54) is 11.3 Å². The molecule has 27 heavy (non-hydrogen) atoms. The number of benzene rings is 2. The van der Waals surface area contributed by atoms with Gasteiger partial charge in [0.25, 0.3) is 0 Å². The van der Waals surface area contributed by atoms with Gasteiger partial charge >= 0.3 is 0 Å². The van der Waals surface area contributed by atoms with Crippen LogP contribution in [0.1, 0.15) is 17.5 Å². The quantitative estimate of drug-likeness (QED) is 0.438. The molecule has 6 heteroatoms. The van der Waals surface area contributed by atoms with Crippen LogP contribution in [0, 0.1) is 11.3 Å². The van der Waals surface area contributed by atoms with Crippen molar-refractivity contribution in [2.24, 2.45) is 0 Å². The summed E-state index contributed by atoms with van der Waals surface area (Å²) in [7, 11) is 1.60. The summed E-state index contributed by atoms with van der Waals surface area (Å²) in [4.78, 5) is 4.62. The van der Waals surface area contributed by atoms with Crippen molar-refractivity contribution in [1.82, 2.24) is 4.98 Å². The highest BCUT2D eigenvalue weighted by atomic mass is 79.9. The number of halogens is 1. The highest BCUT2D eigenvalue weighted by Gasteiger charge is 2.10. The van der Waals surface area contributed by atoms with Gasteiger partial charge in [0, 0.05) is 15.4 Å². The molecule has 0 aliphatic carbocycles. The number of ether oxygens (including phenoxy) is 2. The van der Waals surface area contributed by atoms with Gasteiger partial charge in [-0.05, 0) is 42.8 Å². The van der Waals surface area contributed by atoms with Crippen LogP contribution in [0.25, 0.3) is 22.9 Å². The van der Waals surface area contributed by atoms with Crippen LogP contribution in [-0.2, 0) is 0 Å². The number of rotatable bonds is 6.